The van der Waals surface area contributed by atoms with Gasteiger partial charge in [-0.3, -0.25) is 5.43 Å². The monoisotopic (exact) mass is 307 g/mol. The van der Waals surface area contributed by atoms with Gasteiger partial charge in [0, 0.05) is 18.0 Å². The van der Waals surface area contributed by atoms with Gasteiger partial charge >= 0.3 is 0 Å². The molecule has 0 spiro atoms. The van der Waals surface area contributed by atoms with Crippen LogP contribution in [0.2, 0.25) is 0 Å². The first-order chi connectivity index (χ1) is 10.1. The van der Waals surface area contributed by atoms with Crippen molar-refractivity contribution in [1.82, 2.24) is 10.7 Å². The highest BCUT2D eigenvalue weighted by Crippen LogP contribution is 2.30. The Morgan fingerprint density at radius 2 is 1.95 bits per heavy atom. The van der Waals surface area contributed by atoms with Crippen LogP contribution in [0.3, 0.4) is 0 Å². The summed E-state index contributed by atoms with van der Waals surface area (Å²) in [5.41, 5.74) is 4.64. The molecule has 0 unspecified atom stereocenters. The third-order valence-electron chi connectivity index (χ3n) is 2.91. The number of benzene rings is 1. The van der Waals surface area contributed by atoms with E-state index in [0.717, 1.165) is 29.2 Å². The molecule has 0 radical (unpaired) electrons. The summed E-state index contributed by atoms with van der Waals surface area (Å²) in [5, 5.41) is 7.88. The number of hydrogen-bond acceptors (Lipinski definition) is 4. The Bertz CT molecular complexity index is 544. The summed E-state index contributed by atoms with van der Waals surface area (Å²) in [5.74, 6) is 1.55. The summed E-state index contributed by atoms with van der Waals surface area (Å²) in [6.07, 6.45) is 0.897. The van der Waals surface area contributed by atoms with Crippen molar-refractivity contribution >= 4 is 23.0 Å². The molecule has 1 aliphatic rings. The van der Waals surface area contributed by atoms with Crippen LogP contribution in [0.5, 0.6) is 11.5 Å². The lowest BCUT2D eigenvalue weighted by Crippen LogP contribution is -2.37. The van der Waals surface area contributed by atoms with Gasteiger partial charge in [0.15, 0.2) is 16.6 Å². The maximum atomic E-state index is 5.68. The van der Waals surface area contributed by atoms with Crippen molar-refractivity contribution in [3.05, 3.63) is 23.8 Å². The van der Waals surface area contributed by atoms with Crippen LogP contribution in [-0.2, 0) is 0 Å². The number of hydrazone groups is 1. The maximum Gasteiger partial charge on any atom is 0.187 e. The number of rotatable bonds is 3. The molecule has 21 heavy (non-hydrogen) atoms. The van der Waals surface area contributed by atoms with Crippen LogP contribution in [0, 0.1) is 0 Å². The van der Waals surface area contributed by atoms with Gasteiger partial charge in [0.2, 0.25) is 0 Å². The van der Waals surface area contributed by atoms with E-state index in [1.807, 2.05) is 39.0 Å². The molecule has 0 atom stereocenters. The molecular weight excluding hydrogens is 286 g/mol. The molecule has 2 rings (SSSR count). The number of nitrogens with one attached hydrogen (secondary N) is 2. The van der Waals surface area contributed by atoms with Crippen LogP contribution in [0.15, 0.2) is 23.3 Å². The van der Waals surface area contributed by atoms with Crippen LogP contribution in [0.1, 0.15) is 32.8 Å². The Hall–Kier alpha value is -1.82. The van der Waals surface area contributed by atoms with Crippen molar-refractivity contribution in [1.29, 1.82) is 0 Å². The average molecular weight is 307 g/mol. The van der Waals surface area contributed by atoms with Gasteiger partial charge in [-0.15, -0.1) is 0 Å². The van der Waals surface area contributed by atoms with Crippen molar-refractivity contribution in [3.63, 3.8) is 0 Å². The van der Waals surface area contributed by atoms with Gasteiger partial charge in [-0.1, -0.05) is 0 Å². The highest BCUT2D eigenvalue weighted by Gasteiger charge is 2.11. The zero-order valence-electron chi connectivity index (χ0n) is 12.6. The van der Waals surface area contributed by atoms with Crippen molar-refractivity contribution in [3.8, 4) is 11.5 Å². The van der Waals surface area contributed by atoms with Gasteiger partial charge in [0.05, 0.1) is 18.9 Å². The molecule has 1 aliphatic heterocycles. The Morgan fingerprint density at radius 1 is 1.24 bits per heavy atom. The van der Waals surface area contributed by atoms with Crippen molar-refractivity contribution in [2.75, 3.05) is 13.2 Å². The molecule has 0 aromatic heterocycles. The SMILES string of the molecule is C/C(=N/NC(=S)NC(C)C)c1ccc2c(c1)OCCCO2. The predicted molar refractivity (Wildman–Crippen MR) is 88.3 cm³/mol. The molecule has 0 bridgehead atoms. The van der Waals surface area contributed by atoms with E-state index in [-0.39, 0.29) is 6.04 Å². The minimum Gasteiger partial charge on any atom is -0.490 e. The first-order valence-electron chi connectivity index (χ1n) is 7.07. The summed E-state index contributed by atoms with van der Waals surface area (Å²) in [6, 6.07) is 6.10. The minimum absolute atomic E-state index is 0.276. The Kier molecular flexibility index (Phi) is 5.38. The second kappa shape index (κ2) is 7.26. The molecule has 6 heteroatoms. The second-order valence-corrected chi connectivity index (χ2v) is 5.56. The summed E-state index contributed by atoms with van der Waals surface area (Å²) in [7, 11) is 0. The van der Waals surface area contributed by atoms with E-state index in [1.54, 1.807) is 0 Å². The summed E-state index contributed by atoms with van der Waals surface area (Å²) >= 11 is 5.14. The van der Waals surface area contributed by atoms with Gasteiger partial charge in [-0.05, 0) is 51.2 Å². The molecular formula is C15H21N3O2S. The van der Waals surface area contributed by atoms with Crippen LogP contribution in [0.25, 0.3) is 0 Å². The summed E-state index contributed by atoms with van der Waals surface area (Å²) in [4.78, 5) is 0. The minimum atomic E-state index is 0.276. The maximum absolute atomic E-state index is 5.68. The Morgan fingerprint density at radius 3 is 2.67 bits per heavy atom. The first kappa shape index (κ1) is 15.6. The average Bonchev–Trinajstić information content (AvgIpc) is 2.68. The van der Waals surface area contributed by atoms with Crippen molar-refractivity contribution in [2.24, 2.45) is 5.10 Å². The molecule has 0 saturated carbocycles. The first-order valence-corrected chi connectivity index (χ1v) is 7.48. The predicted octanol–water partition coefficient (Wildman–Crippen LogP) is 2.44. The third kappa shape index (κ3) is 4.60. The van der Waals surface area contributed by atoms with E-state index < -0.39 is 0 Å². The van der Waals surface area contributed by atoms with Crippen LogP contribution in [0.4, 0.5) is 0 Å². The van der Waals surface area contributed by atoms with E-state index in [2.05, 4.69) is 15.8 Å². The highest BCUT2D eigenvalue weighted by atomic mass is 32.1. The normalized spacial score (nSPS) is 14.6. The third-order valence-corrected chi connectivity index (χ3v) is 3.12. The smallest absolute Gasteiger partial charge is 0.187 e. The van der Waals surface area contributed by atoms with E-state index >= 15 is 0 Å². The molecule has 114 valence electrons. The van der Waals surface area contributed by atoms with Gasteiger partial charge in [0.25, 0.3) is 0 Å². The lowest BCUT2D eigenvalue weighted by atomic mass is 10.1. The second-order valence-electron chi connectivity index (χ2n) is 5.15. The van der Waals surface area contributed by atoms with Crippen LogP contribution >= 0.6 is 12.2 Å². The van der Waals surface area contributed by atoms with Gasteiger partial charge < -0.3 is 14.8 Å². The van der Waals surface area contributed by atoms with Gasteiger partial charge in [0.1, 0.15) is 0 Å². The fourth-order valence-corrected chi connectivity index (χ4v) is 2.16. The Balaban J connectivity index is 2.07. The zero-order valence-corrected chi connectivity index (χ0v) is 13.4. The summed E-state index contributed by atoms with van der Waals surface area (Å²) in [6.45, 7) is 7.33. The van der Waals surface area contributed by atoms with E-state index in [9.17, 15) is 0 Å². The van der Waals surface area contributed by atoms with Crippen molar-refractivity contribution < 1.29 is 9.47 Å². The van der Waals surface area contributed by atoms with E-state index in [1.165, 1.54) is 0 Å². The summed E-state index contributed by atoms with van der Waals surface area (Å²) < 4.78 is 11.3. The molecule has 5 nitrogen and oxygen atoms in total. The standard InChI is InChI=1S/C15H21N3O2S/c1-10(2)16-15(21)18-17-11(3)12-5-6-13-14(9-12)20-8-4-7-19-13/h5-6,9-10H,4,7-8H2,1-3H3,(H2,16,18,21)/b17-11-. The molecule has 2 N–H and O–H groups in total. The van der Waals surface area contributed by atoms with Gasteiger partial charge in [-0.2, -0.15) is 5.10 Å². The number of nitrogens with zero attached hydrogens (tertiary/aromatic N) is 1. The lowest BCUT2D eigenvalue weighted by Gasteiger charge is -2.11. The lowest BCUT2D eigenvalue weighted by molar-refractivity contribution is 0.297. The van der Waals surface area contributed by atoms with Gasteiger partial charge in [-0.25, -0.2) is 0 Å². The number of ether oxygens (including phenoxy) is 2. The Labute approximate surface area is 130 Å². The topological polar surface area (TPSA) is 54.9 Å². The quantitative estimate of drug-likeness (QED) is 0.510. The van der Waals surface area contributed by atoms with E-state index in [4.69, 9.17) is 21.7 Å². The molecule has 0 fully saturated rings. The molecule has 0 amide bonds. The largest absolute Gasteiger partial charge is 0.490 e. The zero-order chi connectivity index (χ0) is 15.2. The van der Waals surface area contributed by atoms with Crippen LogP contribution < -0.4 is 20.2 Å². The fraction of sp³-hybridized carbons (Fsp3) is 0.467. The van der Waals surface area contributed by atoms with Crippen LogP contribution in [-0.4, -0.2) is 30.1 Å². The number of hydrogen-bond donors (Lipinski definition) is 2. The molecule has 1 aromatic carbocycles. The molecule has 1 heterocycles. The number of fused-ring (bicyclic) bond motifs is 1. The fourth-order valence-electron chi connectivity index (χ4n) is 1.88. The molecule has 1 aromatic rings. The highest BCUT2D eigenvalue weighted by molar-refractivity contribution is 7.80. The number of thiocarbonyl (C=S) groups is 1. The van der Waals surface area contributed by atoms with E-state index in [0.29, 0.717) is 18.3 Å². The molecule has 0 saturated heterocycles. The molecule has 0 aliphatic carbocycles. The van der Waals surface area contributed by atoms with Crippen molar-refractivity contribution in [2.45, 2.75) is 33.2 Å².